The summed E-state index contributed by atoms with van der Waals surface area (Å²) in [6.07, 6.45) is 0.311. The summed E-state index contributed by atoms with van der Waals surface area (Å²) in [5.74, 6) is -2.50. The van der Waals surface area contributed by atoms with Crippen molar-refractivity contribution in [3.63, 3.8) is 0 Å². The van der Waals surface area contributed by atoms with Gasteiger partial charge >= 0.3 is 0 Å². The number of carbonyl (C=O) groups excluding carboxylic acids is 4. The van der Waals surface area contributed by atoms with Crippen molar-refractivity contribution in [2.24, 2.45) is 17.4 Å². The standard InChI is InChI=1S/C26H41N5O6/c1-15-7-4-8-18(13-15)14-19(24(35)30-22(17(3)33)23(28)34)9-5-11-29-25(36)20-10-6-12-31(20)26(37)21(27)16(2)32/h4,7-8,13,16-17,19-22,32-33H,5-6,9-12,14,27H2,1-3H3,(H2,28,34)(H,29,36)(H,30,35)/t16-,17-,19-,20+,21+,22+/m1/s1. The number of carbonyl (C=O) groups is 4. The summed E-state index contributed by atoms with van der Waals surface area (Å²) < 4.78 is 0. The molecular formula is C26H41N5O6. The highest BCUT2D eigenvalue weighted by Gasteiger charge is 2.37. The van der Waals surface area contributed by atoms with Gasteiger partial charge in [0.2, 0.25) is 23.6 Å². The summed E-state index contributed by atoms with van der Waals surface area (Å²) >= 11 is 0. The molecule has 0 aromatic heterocycles. The van der Waals surface area contributed by atoms with Crippen LogP contribution in [0.5, 0.6) is 0 Å². The van der Waals surface area contributed by atoms with E-state index in [9.17, 15) is 29.4 Å². The minimum Gasteiger partial charge on any atom is -0.391 e. The van der Waals surface area contributed by atoms with Crippen molar-refractivity contribution < 1.29 is 29.4 Å². The van der Waals surface area contributed by atoms with Crippen molar-refractivity contribution in [1.29, 1.82) is 0 Å². The van der Waals surface area contributed by atoms with E-state index in [-0.39, 0.29) is 12.5 Å². The fraction of sp³-hybridized carbons (Fsp3) is 0.615. The highest BCUT2D eigenvalue weighted by Crippen LogP contribution is 2.20. The molecule has 6 atom stereocenters. The zero-order valence-corrected chi connectivity index (χ0v) is 21.9. The average Bonchev–Trinajstić information content (AvgIpc) is 3.32. The second-order valence-corrected chi connectivity index (χ2v) is 9.91. The molecule has 206 valence electrons. The van der Waals surface area contributed by atoms with Crippen molar-refractivity contribution in [2.45, 2.75) is 83.2 Å². The molecule has 37 heavy (non-hydrogen) atoms. The Morgan fingerprint density at radius 2 is 1.86 bits per heavy atom. The summed E-state index contributed by atoms with van der Waals surface area (Å²) in [5, 5.41) is 24.9. The minimum absolute atomic E-state index is 0.285. The highest BCUT2D eigenvalue weighted by molar-refractivity contribution is 5.90. The maximum absolute atomic E-state index is 13.0. The lowest BCUT2D eigenvalue weighted by Gasteiger charge is -2.27. The number of hydrogen-bond donors (Lipinski definition) is 6. The predicted octanol–water partition coefficient (Wildman–Crippen LogP) is -0.900. The molecular weight excluding hydrogens is 478 g/mol. The number of nitrogens with one attached hydrogen (secondary N) is 2. The number of benzene rings is 1. The lowest BCUT2D eigenvalue weighted by atomic mass is 9.92. The number of aryl methyl sites for hydroxylation is 1. The van der Waals surface area contributed by atoms with Crippen LogP contribution in [0.4, 0.5) is 0 Å². The van der Waals surface area contributed by atoms with Crippen LogP contribution in [0.3, 0.4) is 0 Å². The van der Waals surface area contributed by atoms with Gasteiger partial charge in [-0.2, -0.15) is 0 Å². The maximum atomic E-state index is 13.0. The molecule has 8 N–H and O–H groups in total. The van der Waals surface area contributed by atoms with Gasteiger partial charge in [0, 0.05) is 19.0 Å². The third kappa shape index (κ3) is 8.80. The van der Waals surface area contributed by atoms with E-state index in [1.165, 1.54) is 18.7 Å². The Hall–Kier alpha value is -3.02. The SMILES string of the molecule is Cc1cccc(C[C@@H](CCCNC(=O)[C@@H]2CCCN2C(=O)[C@@H](N)[C@@H](C)O)C(=O)N[C@H](C(N)=O)[C@@H](C)O)c1. The van der Waals surface area contributed by atoms with Crippen LogP contribution in [-0.4, -0.2) is 82.2 Å². The number of primary amides is 1. The number of aliphatic hydroxyl groups is 2. The maximum Gasteiger partial charge on any atom is 0.242 e. The number of hydrogen-bond acceptors (Lipinski definition) is 7. The predicted molar refractivity (Wildman–Crippen MR) is 138 cm³/mol. The Morgan fingerprint density at radius 3 is 2.46 bits per heavy atom. The van der Waals surface area contributed by atoms with Crippen LogP contribution < -0.4 is 22.1 Å². The van der Waals surface area contributed by atoms with Crippen molar-refractivity contribution >= 4 is 23.6 Å². The normalized spacial score (nSPS) is 19.4. The second kappa shape index (κ2) is 14.1. The molecule has 0 unspecified atom stereocenters. The summed E-state index contributed by atoms with van der Waals surface area (Å²) in [5.41, 5.74) is 13.1. The van der Waals surface area contributed by atoms with Gasteiger partial charge in [0.05, 0.1) is 12.2 Å². The molecule has 11 heteroatoms. The number of rotatable bonds is 13. The van der Waals surface area contributed by atoms with Gasteiger partial charge in [-0.25, -0.2) is 0 Å². The first-order chi connectivity index (χ1) is 17.4. The molecule has 2 rings (SSSR count). The van der Waals surface area contributed by atoms with E-state index in [4.69, 9.17) is 11.5 Å². The van der Waals surface area contributed by atoms with Gasteiger partial charge in [-0.05, 0) is 58.4 Å². The molecule has 0 spiro atoms. The lowest BCUT2D eigenvalue weighted by molar-refractivity contribution is -0.141. The molecule has 1 aromatic carbocycles. The Balaban J connectivity index is 1.99. The third-order valence-electron chi connectivity index (χ3n) is 6.69. The monoisotopic (exact) mass is 519 g/mol. The van der Waals surface area contributed by atoms with Gasteiger partial charge in [0.25, 0.3) is 0 Å². The third-order valence-corrected chi connectivity index (χ3v) is 6.69. The number of nitrogens with zero attached hydrogens (tertiary/aromatic N) is 1. The Kier molecular flexibility index (Phi) is 11.5. The summed E-state index contributed by atoms with van der Waals surface area (Å²) in [4.78, 5) is 51.4. The molecule has 1 heterocycles. The van der Waals surface area contributed by atoms with Crippen LogP contribution in [-0.2, 0) is 25.6 Å². The Bertz CT molecular complexity index is 953. The van der Waals surface area contributed by atoms with Crippen molar-refractivity contribution in [2.75, 3.05) is 13.1 Å². The van der Waals surface area contributed by atoms with E-state index >= 15 is 0 Å². The zero-order chi connectivity index (χ0) is 27.7. The van der Waals surface area contributed by atoms with Crippen molar-refractivity contribution in [1.82, 2.24) is 15.5 Å². The van der Waals surface area contributed by atoms with Crippen LogP contribution in [0.15, 0.2) is 24.3 Å². The van der Waals surface area contributed by atoms with Gasteiger partial charge in [-0.15, -0.1) is 0 Å². The van der Waals surface area contributed by atoms with Crippen LogP contribution >= 0.6 is 0 Å². The quantitative estimate of drug-likeness (QED) is 0.182. The van der Waals surface area contributed by atoms with Crippen LogP contribution in [0.2, 0.25) is 0 Å². The van der Waals surface area contributed by atoms with E-state index in [0.29, 0.717) is 38.6 Å². The number of likely N-dealkylation sites (tertiary alicyclic amines) is 1. The molecule has 11 nitrogen and oxygen atoms in total. The van der Waals surface area contributed by atoms with Crippen LogP contribution in [0, 0.1) is 12.8 Å². The average molecular weight is 520 g/mol. The molecule has 1 saturated heterocycles. The molecule has 1 aromatic rings. The van der Waals surface area contributed by atoms with Gasteiger partial charge < -0.3 is 37.2 Å². The fourth-order valence-electron chi connectivity index (χ4n) is 4.53. The first-order valence-corrected chi connectivity index (χ1v) is 12.8. The number of amides is 4. The summed E-state index contributed by atoms with van der Waals surface area (Å²) in [7, 11) is 0. The Labute approximate surface area is 217 Å². The molecule has 0 aliphatic carbocycles. The zero-order valence-electron chi connectivity index (χ0n) is 21.9. The summed E-state index contributed by atoms with van der Waals surface area (Å²) in [6, 6.07) is 4.82. The van der Waals surface area contributed by atoms with E-state index in [0.717, 1.165) is 11.1 Å². The molecule has 1 aliphatic rings. The van der Waals surface area contributed by atoms with Gasteiger partial charge in [-0.1, -0.05) is 29.8 Å². The van der Waals surface area contributed by atoms with Crippen LogP contribution in [0.1, 0.15) is 50.7 Å². The largest absolute Gasteiger partial charge is 0.391 e. The molecule has 1 aliphatic heterocycles. The van der Waals surface area contributed by atoms with Gasteiger partial charge in [-0.3, -0.25) is 19.2 Å². The van der Waals surface area contributed by atoms with E-state index in [1.54, 1.807) is 0 Å². The van der Waals surface area contributed by atoms with Gasteiger partial charge in [0.1, 0.15) is 18.1 Å². The van der Waals surface area contributed by atoms with Crippen molar-refractivity contribution in [3.05, 3.63) is 35.4 Å². The van der Waals surface area contributed by atoms with E-state index in [2.05, 4.69) is 10.6 Å². The lowest BCUT2D eigenvalue weighted by Crippen LogP contribution is -2.54. The minimum atomic E-state index is -1.20. The molecule has 0 bridgehead atoms. The van der Waals surface area contributed by atoms with Crippen molar-refractivity contribution in [3.8, 4) is 0 Å². The topological polar surface area (TPSA) is 188 Å². The summed E-state index contributed by atoms with van der Waals surface area (Å²) in [6.45, 7) is 5.46. The smallest absolute Gasteiger partial charge is 0.242 e. The first-order valence-electron chi connectivity index (χ1n) is 12.8. The molecule has 4 amide bonds. The van der Waals surface area contributed by atoms with E-state index < -0.39 is 54.0 Å². The number of nitrogens with two attached hydrogens (primary N) is 2. The number of aliphatic hydroxyl groups excluding tert-OH is 2. The first kappa shape index (κ1) is 30.2. The van der Waals surface area contributed by atoms with Crippen LogP contribution in [0.25, 0.3) is 0 Å². The second-order valence-electron chi connectivity index (χ2n) is 9.91. The fourth-order valence-corrected chi connectivity index (χ4v) is 4.53. The van der Waals surface area contributed by atoms with E-state index in [1.807, 2.05) is 31.2 Å². The molecule has 1 fully saturated rings. The van der Waals surface area contributed by atoms with Gasteiger partial charge in [0.15, 0.2) is 0 Å². The Morgan fingerprint density at radius 1 is 1.16 bits per heavy atom. The molecule has 0 saturated carbocycles. The highest BCUT2D eigenvalue weighted by atomic mass is 16.3. The molecule has 0 radical (unpaired) electrons.